The molecule has 1 aliphatic heterocycles. The molecule has 0 saturated carbocycles. The standard InChI is InChI=1S/C20H28N4O2/c1-3-17-19(16-6-4-7-22-14-16)18(20(21)25)15(2)24(17)9-5-8-23-10-12-26-13-11-23/h4,6-7,14H,3,5,8-13H2,1-2H3,(H2,21,25). The Morgan fingerprint density at radius 1 is 1.31 bits per heavy atom. The van der Waals surface area contributed by atoms with Gasteiger partial charge in [-0.2, -0.15) is 0 Å². The predicted octanol–water partition coefficient (Wildman–Crippen LogP) is 2.24. The molecule has 6 nitrogen and oxygen atoms in total. The third-order valence-corrected chi connectivity index (χ3v) is 5.12. The predicted molar refractivity (Wildman–Crippen MR) is 102 cm³/mol. The average Bonchev–Trinajstić information content (AvgIpc) is 2.95. The number of hydrogen-bond donors (Lipinski definition) is 1. The molecule has 0 aliphatic carbocycles. The summed E-state index contributed by atoms with van der Waals surface area (Å²) in [6, 6.07) is 3.89. The van der Waals surface area contributed by atoms with Gasteiger partial charge in [-0.3, -0.25) is 14.7 Å². The maximum Gasteiger partial charge on any atom is 0.251 e. The normalized spacial score (nSPS) is 15.3. The SMILES string of the molecule is CCc1c(-c2cccnc2)c(C(N)=O)c(C)n1CCCN1CCOCC1. The van der Waals surface area contributed by atoms with Crippen molar-refractivity contribution in [2.24, 2.45) is 5.73 Å². The van der Waals surface area contributed by atoms with Gasteiger partial charge >= 0.3 is 0 Å². The molecule has 0 atom stereocenters. The van der Waals surface area contributed by atoms with Gasteiger partial charge in [0.2, 0.25) is 0 Å². The third kappa shape index (κ3) is 3.81. The van der Waals surface area contributed by atoms with Crippen molar-refractivity contribution in [3.8, 4) is 11.1 Å². The summed E-state index contributed by atoms with van der Waals surface area (Å²) >= 11 is 0. The van der Waals surface area contributed by atoms with Crippen LogP contribution in [0.4, 0.5) is 0 Å². The van der Waals surface area contributed by atoms with E-state index in [1.165, 1.54) is 0 Å². The van der Waals surface area contributed by atoms with E-state index < -0.39 is 0 Å². The number of pyridine rings is 1. The summed E-state index contributed by atoms with van der Waals surface area (Å²) in [5.74, 6) is -0.372. The van der Waals surface area contributed by atoms with E-state index in [1.807, 2.05) is 19.1 Å². The largest absolute Gasteiger partial charge is 0.379 e. The fourth-order valence-corrected chi connectivity index (χ4v) is 3.87. The van der Waals surface area contributed by atoms with Crippen LogP contribution < -0.4 is 5.73 Å². The first-order valence-electron chi connectivity index (χ1n) is 9.35. The van der Waals surface area contributed by atoms with Crippen molar-refractivity contribution in [1.29, 1.82) is 0 Å². The maximum absolute atomic E-state index is 12.2. The van der Waals surface area contributed by atoms with Crippen LogP contribution in [0.5, 0.6) is 0 Å². The van der Waals surface area contributed by atoms with Crippen LogP contribution in [0, 0.1) is 6.92 Å². The zero-order chi connectivity index (χ0) is 18.5. The zero-order valence-corrected chi connectivity index (χ0v) is 15.7. The highest BCUT2D eigenvalue weighted by atomic mass is 16.5. The fraction of sp³-hybridized carbons (Fsp3) is 0.500. The quantitative estimate of drug-likeness (QED) is 0.826. The van der Waals surface area contributed by atoms with Crippen LogP contribution in [-0.4, -0.2) is 53.2 Å². The number of carbonyl (C=O) groups is 1. The molecule has 3 rings (SSSR count). The maximum atomic E-state index is 12.2. The van der Waals surface area contributed by atoms with Crippen LogP contribution in [0.15, 0.2) is 24.5 Å². The van der Waals surface area contributed by atoms with Crippen molar-refractivity contribution in [3.63, 3.8) is 0 Å². The summed E-state index contributed by atoms with van der Waals surface area (Å²) in [6.45, 7) is 9.67. The Kier molecular flexibility index (Phi) is 6.06. The summed E-state index contributed by atoms with van der Waals surface area (Å²) in [4.78, 5) is 18.8. The second-order valence-corrected chi connectivity index (χ2v) is 6.70. The first-order valence-corrected chi connectivity index (χ1v) is 9.35. The number of amides is 1. The molecule has 2 aromatic rings. The number of nitrogens with zero attached hydrogens (tertiary/aromatic N) is 3. The minimum atomic E-state index is -0.372. The Bertz CT molecular complexity index is 749. The Morgan fingerprint density at radius 2 is 2.08 bits per heavy atom. The highest BCUT2D eigenvalue weighted by molar-refractivity contribution is 6.02. The molecule has 2 aromatic heterocycles. The zero-order valence-electron chi connectivity index (χ0n) is 15.7. The van der Waals surface area contributed by atoms with Gasteiger partial charge in [0.15, 0.2) is 0 Å². The van der Waals surface area contributed by atoms with E-state index in [2.05, 4.69) is 21.4 Å². The number of rotatable bonds is 7. The number of hydrogen-bond acceptors (Lipinski definition) is 4. The molecule has 0 radical (unpaired) electrons. The first kappa shape index (κ1) is 18.6. The van der Waals surface area contributed by atoms with Crippen LogP contribution in [0.3, 0.4) is 0 Å². The van der Waals surface area contributed by atoms with Gasteiger partial charge in [0, 0.05) is 61.1 Å². The van der Waals surface area contributed by atoms with Crippen LogP contribution in [0.25, 0.3) is 11.1 Å². The lowest BCUT2D eigenvalue weighted by molar-refractivity contribution is 0.0369. The monoisotopic (exact) mass is 356 g/mol. The first-order chi connectivity index (χ1) is 12.6. The Hall–Kier alpha value is -2.18. The molecule has 1 saturated heterocycles. The summed E-state index contributed by atoms with van der Waals surface area (Å²) in [5, 5.41) is 0. The second-order valence-electron chi connectivity index (χ2n) is 6.70. The highest BCUT2D eigenvalue weighted by Crippen LogP contribution is 2.33. The molecule has 3 heterocycles. The van der Waals surface area contributed by atoms with Gasteiger partial charge < -0.3 is 15.0 Å². The Morgan fingerprint density at radius 3 is 2.69 bits per heavy atom. The molecule has 2 N–H and O–H groups in total. The molecule has 6 heteroatoms. The van der Waals surface area contributed by atoms with E-state index >= 15 is 0 Å². The van der Waals surface area contributed by atoms with Crippen molar-refractivity contribution in [1.82, 2.24) is 14.5 Å². The van der Waals surface area contributed by atoms with Crippen LogP contribution in [0.2, 0.25) is 0 Å². The molecule has 140 valence electrons. The average molecular weight is 356 g/mol. The molecule has 1 amide bonds. The lowest BCUT2D eigenvalue weighted by Crippen LogP contribution is -2.37. The van der Waals surface area contributed by atoms with E-state index in [9.17, 15) is 4.79 Å². The molecule has 26 heavy (non-hydrogen) atoms. The number of carbonyl (C=O) groups excluding carboxylic acids is 1. The van der Waals surface area contributed by atoms with Crippen LogP contribution in [-0.2, 0) is 17.7 Å². The molecule has 0 unspecified atom stereocenters. The highest BCUT2D eigenvalue weighted by Gasteiger charge is 2.24. The van der Waals surface area contributed by atoms with Crippen LogP contribution in [0.1, 0.15) is 35.1 Å². The number of aromatic nitrogens is 2. The number of morpholine rings is 1. The smallest absolute Gasteiger partial charge is 0.251 e. The van der Waals surface area contributed by atoms with Crippen molar-refractivity contribution >= 4 is 5.91 Å². The van der Waals surface area contributed by atoms with Crippen molar-refractivity contribution < 1.29 is 9.53 Å². The van der Waals surface area contributed by atoms with Gasteiger partial charge in [0.1, 0.15) is 0 Å². The molecule has 0 aromatic carbocycles. The lowest BCUT2D eigenvalue weighted by atomic mass is 10.0. The second kappa shape index (κ2) is 8.47. The molecular weight excluding hydrogens is 328 g/mol. The minimum Gasteiger partial charge on any atom is -0.379 e. The lowest BCUT2D eigenvalue weighted by Gasteiger charge is -2.26. The van der Waals surface area contributed by atoms with Crippen molar-refractivity contribution in [2.75, 3.05) is 32.8 Å². The van der Waals surface area contributed by atoms with Crippen molar-refractivity contribution in [2.45, 2.75) is 33.2 Å². The summed E-state index contributed by atoms with van der Waals surface area (Å²) in [7, 11) is 0. The van der Waals surface area contributed by atoms with Crippen molar-refractivity contribution in [3.05, 3.63) is 41.5 Å². The van der Waals surface area contributed by atoms with Gasteiger partial charge in [-0.15, -0.1) is 0 Å². The van der Waals surface area contributed by atoms with Gasteiger partial charge in [-0.05, 0) is 25.8 Å². The molecule has 1 aliphatic rings. The van der Waals surface area contributed by atoms with E-state index in [-0.39, 0.29) is 5.91 Å². The number of ether oxygens (including phenoxy) is 1. The molecule has 0 spiro atoms. The molecule has 1 fully saturated rings. The number of primary amides is 1. The Balaban J connectivity index is 1.88. The van der Waals surface area contributed by atoms with Gasteiger partial charge in [0.05, 0.1) is 18.8 Å². The van der Waals surface area contributed by atoms with Gasteiger partial charge in [0.25, 0.3) is 5.91 Å². The van der Waals surface area contributed by atoms with E-state index in [1.54, 1.807) is 12.4 Å². The third-order valence-electron chi connectivity index (χ3n) is 5.12. The summed E-state index contributed by atoms with van der Waals surface area (Å²) in [5.41, 5.74) is 10.4. The topological polar surface area (TPSA) is 73.4 Å². The molecule has 0 bridgehead atoms. The van der Waals surface area contributed by atoms with Crippen LogP contribution >= 0.6 is 0 Å². The van der Waals surface area contributed by atoms with Gasteiger partial charge in [-0.25, -0.2) is 0 Å². The van der Waals surface area contributed by atoms with E-state index in [0.717, 1.165) is 74.7 Å². The Labute approximate surface area is 155 Å². The minimum absolute atomic E-state index is 0.372. The fourth-order valence-electron chi connectivity index (χ4n) is 3.87. The van der Waals surface area contributed by atoms with E-state index in [0.29, 0.717) is 5.56 Å². The summed E-state index contributed by atoms with van der Waals surface area (Å²) in [6.07, 6.45) is 5.42. The van der Waals surface area contributed by atoms with Gasteiger partial charge in [-0.1, -0.05) is 13.0 Å². The number of nitrogens with two attached hydrogens (primary N) is 1. The molecular formula is C20H28N4O2. The summed E-state index contributed by atoms with van der Waals surface area (Å²) < 4.78 is 7.68. The van der Waals surface area contributed by atoms with E-state index in [4.69, 9.17) is 10.5 Å².